The van der Waals surface area contributed by atoms with E-state index >= 15 is 0 Å². The van der Waals surface area contributed by atoms with Crippen LogP contribution in [-0.2, 0) is 4.74 Å². The lowest BCUT2D eigenvalue weighted by atomic mass is 10.3. The van der Waals surface area contributed by atoms with Gasteiger partial charge in [0.05, 0.1) is 5.69 Å². The van der Waals surface area contributed by atoms with Crippen LogP contribution >= 0.6 is 11.3 Å². The number of pyridine rings is 1. The van der Waals surface area contributed by atoms with Gasteiger partial charge in [-0.2, -0.15) is 13.2 Å². The van der Waals surface area contributed by atoms with Gasteiger partial charge >= 0.3 is 12.3 Å². The highest BCUT2D eigenvalue weighted by molar-refractivity contribution is 7.19. The van der Waals surface area contributed by atoms with Crippen LogP contribution in [0, 0.1) is 6.92 Å². The van der Waals surface area contributed by atoms with Crippen molar-refractivity contribution in [3.8, 4) is 10.6 Å². The van der Waals surface area contributed by atoms with E-state index in [1.807, 2.05) is 0 Å². The number of anilines is 1. The zero-order valence-corrected chi connectivity index (χ0v) is 12.5. The second-order valence-electron chi connectivity index (χ2n) is 4.38. The van der Waals surface area contributed by atoms with Gasteiger partial charge in [-0.3, -0.25) is 9.88 Å². The molecule has 5 nitrogen and oxygen atoms in total. The average Bonchev–Trinajstić information content (AvgIpc) is 2.86. The number of halogens is 3. The molecule has 0 radical (unpaired) electrons. The van der Waals surface area contributed by atoms with Gasteiger partial charge in [0.1, 0.15) is 10.0 Å². The van der Waals surface area contributed by atoms with Crippen LogP contribution in [0.4, 0.5) is 23.0 Å². The van der Waals surface area contributed by atoms with Gasteiger partial charge in [-0.1, -0.05) is 11.3 Å². The van der Waals surface area contributed by atoms with Gasteiger partial charge < -0.3 is 4.74 Å². The van der Waals surface area contributed by atoms with E-state index in [0.29, 0.717) is 15.7 Å². The Bertz CT molecular complexity index is 658. The predicted octanol–water partition coefficient (Wildman–Crippen LogP) is 3.65. The number of aromatic nitrogens is 2. The van der Waals surface area contributed by atoms with Crippen molar-refractivity contribution in [2.45, 2.75) is 13.1 Å². The first-order chi connectivity index (χ1) is 10.3. The van der Waals surface area contributed by atoms with Gasteiger partial charge in [0, 0.05) is 25.0 Å². The summed E-state index contributed by atoms with van der Waals surface area (Å²) in [5.41, 5.74) is 1.29. The van der Waals surface area contributed by atoms with Crippen molar-refractivity contribution < 1.29 is 22.7 Å². The normalized spacial score (nSPS) is 11.3. The molecule has 2 aromatic heterocycles. The van der Waals surface area contributed by atoms with E-state index in [9.17, 15) is 18.0 Å². The molecule has 1 amide bonds. The molecule has 118 valence electrons. The van der Waals surface area contributed by atoms with Crippen LogP contribution < -0.4 is 4.90 Å². The molecule has 22 heavy (non-hydrogen) atoms. The van der Waals surface area contributed by atoms with Crippen LogP contribution in [0.2, 0.25) is 0 Å². The van der Waals surface area contributed by atoms with Crippen molar-refractivity contribution in [1.82, 2.24) is 9.97 Å². The second-order valence-corrected chi connectivity index (χ2v) is 5.36. The fraction of sp³-hybridized carbons (Fsp3) is 0.308. The molecule has 0 saturated carbocycles. The number of rotatable bonds is 3. The molecule has 0 unspecified atom stereocenters. The molecule has 0 saturated heterocycles. The first kappa shape index (κ1) is 16.2. The molecule has 0 aliphatic carbocycles. The Labute approximate surface area is 128 Å². The molecule has 0 aromatic carbocycles. The van der Waals surface area contributed by atoms with Gasteiger partial charge in [-0.15, -0.1) is 0 Å². The Balaban J connectivity index is 2.15. The minimum Gasteiger partial charge on any atom is -0.439 e. The number of amides is 1. The molecule has 0 atom stereocenters. The summed E-state index contributed by atoms with van der Waals surface area (Å²) >= 11 is 1.18. The summed E-state index contributed by atoms with van der Waals surface area (Å²) in [6.07, 6.45) is -2.41. The largest absolute Gasteiger partial charge is 0.439 e. The molecule has 0 bridgehead atoms. The highest BCUT2D eigenvalue weighted by atomic mass is 32.1. The number of carbonyl (C=O) groups excluding carboxylic acids is 1. The lowest BCUT2D eigenvalue weighted by Crippen LogP contribution is -2.30. The summed E-state index contributed by atoms with van der Waals surface area (Å²) in [7, 11) is 1.34. The molecular formula is C13H12F3N3O2S. The van der Waals surface area contributed by atoms with Crippen molar-refractivity contribution in [2.24, 2.45) is 0 Å². The molecule has 0 aliphatic rings. The first-order valence-electron chi connectivity index (χ1n) is 6.13. The van der Waals surface area contributed by atoms with E-state index in [-0.39, 0.29) is 0 Å². The monoisotopic (exact) mass is 331 g/mol. The fourth-order valence-electron chi connectivity index (χ4n) is 1.64. The summed E-state index contributed by atoms with van der Waals surface area (Å²) < 4.78 is 40.4. The maximum Gasteiger partial charge on any atom is 0.422 e. The molecule has 0 spiro atoms. The van der Waals surface area contributed by atoms with Crippen LogP contribution in [0.15, 0.2) is 24.5 Å². The Hall–Kier alpha value is -2.16. The Morgan fingerprint density at radius 1 is 1.45 bits per heavy atom. The minimum absolute atomic E-state index is 0.422. The smallest absolute Gasteiger partial charge is 0.422 e. The van der Waals surface area contributed by atoms with Crippen molar-refractivity contribution >= 4 is 22.4 Å². The SMILES string of the molecule is Cc1nc(-c2cccnc2)sc1N(C)C(=O)OCC(F)(F)F. The molecule has 2 aromatic rings. The van der Waals surface area contributed by atoms with Gasteiger partial charge in [0.15, 0.2) is 6.61 Å². The number of carbonyl (C=O) groups is 1. The molecule has 0 fully saturated rings. The summed E-state index contributed by atoms with van der Waals surface area (Å²) in [6.45, 7) is 0.0444. The Morgan fingerprint density at radius 3 is 2.77 bits per heavy atom. The van der Waals surface area contributed by atoms with E-state index in [0.717, 1.165) is 10.5 Å². The number of thiazole rings is 1. The lowest BCUT2D eigenvalue weighted by molar-refractivity contribution is -0.159. The van der Waals surface area contributed by atoms with Crippen LogP contribution in [0.3, 0.4) is 0 Å². The summed E-state index contributed by atoms with van der Waals surface area (Å²) in [5.74, 6) is 0. The summed E-state index contributed by atoms with van der Waals surface area (Å²) in [6, 6.07) is 3.55. The standard InChI is InChI=1S/C13H12F3N3O2S/c1-8-11(19(2)12(20)21-7-13(14,15)16)22-10(18-8)9-4-3-5-17-6-9/h3-6H,7H2,1-2H3. The number of alkyl halides is 3. The number of aryl methyl sites for hydroxylation is 1. The third kappa shape index (κ3) is 3.94. The summed E-state index contributed by atoms with van der Waals surface area (Å²) in [5, 5.41) is 1.04. The van der Waals surface area contributed by atoms with Crippen LogP contribution in [0.25, 0.3) is 10.6 Å². The maximum absolute atomic E-state index is 12.1. The molecule has 2 rings (SSSR count). The predicted molar refractivity (Wildman–Crippen MR) is 75.9 cm³/mol. The maximum atomic E-state index is 12.1. The van der Waals surface area contributed by atoms with Crippen LogP contribution in [0.5, 0.6) is 0 Å². The molecule has 0 aliphatic heterocycles. The zero-order valence-electron chi connectivity index (χ0n) is 11.7. The summed E-state index contributed by atoms with van der Waals surface area (Å²) in [4.78, 5) is 20.9. The zero-order chi connectivity index (χ0) is 16.3. The highest BCUT2D eigenvalue weighted by Gasteiger charge is 2.31. The first-order valence-corrected chi connectivity index (χ1v) is 6.94. The molecule has 0 N–H and O–H groups in total. The lowest BCUT2D eigenvalue weighted by Gasteiger charge is -2.16. The van der Waals surface area contributed by atoms with Crippen molar-refractivity contribution in [1.29, 1.82) is 0 Å². The topological polar surface area (TPSA) is 55.3 Å². The number of nitrogens with zero attached hydrogens (tertiary/aromatic N) is 3. The van der Waals surface area contributed by atoms with E-state index < -0.39 is 18.9 Å². The van der Waals surface area contributed by atoms with Crippen molar-refractivity contribution in [3.05, 3.63) is 30.2 Å². The number of hydrogen-bond acceptors (Lipinski definition) is 5. The van der Waals surface area contributed by atoms with Crippen LogP contribution in [-0.4, -0.2) is 35.9 Å². The van der Waals surface area contributed by atoms with Gasteiger partial charge in [0.2, 0.25) is 0 Å². The third-order valence-corrected chi connectivity index (χ3v) is 3.90. The quantitative estimate of drug-likeness (QED) is 0.861. The van der Waals surface area contributed by atoms with E-state index in [1.54, 1.807) is 31.5 Å². The van der Waals surface area contributed by atoms with E-state index in [1.165, 1.54) is 18.4 Å². The molecule has 9 heteroatoms. The van der Waals surface area contributed by atoms with Crippen LogP contribution in [0.1, 0.15) is 5.69 Å². The number of ether oxygens (including phenoxy) is 1. The van der Waals surface area contributed by atoms with Gasteiger partial charge in [-0.05, 0) is 19.1 Å². The average molecular weight is 331 g/mol. The Kier molecular flexibility index (Phi) is 4.65. The third-order valence-electron chi connectivity index (χ3n) is 2.62. The van der Waals surface area contributed by atoms with Gasteiger partial charge in [0.25, 0.3) is 0 Å². The molecule has 2 heterocycles. The van der Waals surface area contributed by atoms with Gasteiger partial charge in [-0.25, -0.2) is 9.78 Å². The van der Waals surface area contributed by atoms with Crippen molar-refractivity contribution in [2.75, 3.05) is 18.6 Å². The highest BCUT2D eigenvalue weighted by Crippen LogP contribution is 2.33. The molecular weight excluding hydrogens is 319 g/mol. The second kappa shape index (κ2) is 6.30. The number of hydrogen-bond donors (Lipinski definition) is 0. The van der Waals surface area contributed by atoms with Crippen molar-refractivity contribution in [3.63, 3.8) is 0 Å². The van der Waals surface area contributed by atoms with E-state index in [2.05, 4.69) is 14.7 Å². The fourth-order valence-corrected chi connectivity index (χ4v) is 2.64. The Morgan fingerprint density at radius 2 is 2.18 bits per heavy atom. The van der Waals surface area contributed by atoms with E-state index in [4.69, 9.17) is 0 Å². The minimum atomic E-state index is -4.56.